The quantitative estimate of drug-likeness (QED) is 0.774. The van der Waals surface area contributed by atoms with Crippen molar-refractivity contribution in [1.82, 2.24) is 0 Å². The van der Waals surface area contributed by atoms with Crippen molar-refractivity contribution in [3.63, 3.8) is 0 Å². The zero-order valence-corrected chi connectivity index (χ0v) is 9.78. The van der Waals surface area contributed by atoms with Crippen LogP contribution in [-0.4, -0.2) is 11.8 Å². The summed E-state index contributed by atoms with van der Waals surface area (Å²) in [4.78, 5) is 12.2. The zero-order valence-electron chi connectivity index (χ0n) is 9.78. The highest BCUT2D eigenvalue weighted by Gasteiger charge is 2.25. The van der Waals surface area contributed by atoms with Crippen LogP contribution < -0.4 is 5.73 Å². The van der Waals surface area contributed by atoms with Gasteiger partial charge < -0.3 is 5.73 Å². The third kappa shape index (κ3) is 2.50. The van der Waals surface area contributed by atoms with E-state index in [0.29, 0.717) is 11.8 Å². The first-order chi connectivity index (χ1) is 7.66. The van der Waals surface area contributed by atoms with Gasteiger partial charge in [-0.05, 0) is 38.7 Å². The SMILES string of the molecule is Cc1cccc(C(=O)C2CCC(N)CC2)c1. The van der Waals surface area contributed by atoms with Crippen molar-refractivity contribution in [2.24, 2.45) is 11.7 Å². The fourth-order valence-electron chi connectivity index (χ4n) is 2.42. The van der Waals surface area contributed by atoms with Crippen molar-refractivity contribution in [2.45, 2.75) is 38.6 Å². The van der Waals surface area contributed by atoms with Gasteiger partial charge >= 0.3 is 0 Å². The molecule has 86 valence electrons. The molecule has 0 heterocycles. The summed E-state index contributed by atoms with van der Waals surface area (Å²) in [5.41, 5.74) is 7.86. The molecule has 0 atom stereocenters. The molecule has 0 radical (unpaired) electrons. The molecule has 0 spiro atoms. The number of carbonyl (C=O) groups is 1. The van der Waals surface area contributed by atoms with Crippen LogP contribution in [0.2, 0.25) is 0 Å². The Labute approximate surface area is 96.8 Å². The highest BCUT2D eigenvalue weighted by atomic mass is 16.1. The minimum absolute atomic E-state index is 0.196. The van der Waals surface area contributed by atoms with Crippen LogP contribution in [-0.2, 0) is 0 Å². The average Bonchev–Trinajstić information content (AvgIpc) is 2.29. The van der Waals surface area contributed by atoms with E-state index in [4.69, 9.17) is 5.73 Å². The summed E-state index contributed by atoms with van der Waals surface area (Å²) in [5.74, 6) is 0.497. The van der Waals surface area contributed by atoms with Crippen molar-refractivity contribution < 1.29 is 4.79 Å². The molecular weight excluding hydrogens is 198 g/mol. The number of hydrogen-bond acceptors (Lipinski definition) is 2. The summed E-state index contributed by atoms with van der Waals surface area (Å²) in [7, 11) is 0. The zero-order chi connectivity index (χ0) is 11.5. The fourth-order valence-corrected chi connectivity index (χ4v) is 2.42. The largest absolute Gasteiger partial charge is 0.328 e. The Morgan fingerprint density at radius 1 is 1.25 bits per heavy atom. The van der Waals surface area contributed by atoms with Gasteiger partial charge in [0.25, 0.3) is 0 Å². The van der Waals surface area contributed by atoms with Crippen molar-refractivity contribution >= 4 is 5.78 Å². The lowest BCUT2D eigenvalue weighted by atomic mass is 9.82. The highest BCUT2D eigenvalue weighted by molar-refractivity contribution is 5.98. The lowest BCUT2D eigenvalue weighted by molar-refractivity contribution is 0.0884. The predicted molar refractivity (Wildman–Crippen MR) is 65.4 cm³/mol. The van der Waals surface area contributed by atoms with Gasteiger partial charge in [0.2, 0.25) is 0 Å². The normalized spacial score (nSPS) is 25.4. The van der Waals surface area contributed by atoms with E-state index in [1.54, 1.807) is 0 Å². The second-order valence-corrected chi connectivity index (χ2v) is 4.85. The van der Waals surface area contributed by atoms with Gasteiger partial charge in [-0.1, -0.05) is 23.8 Å². The molecule has 0 aromatic heterocycles. The van der Waals surface area contributed by atoms with Gasteiger partial charge in [-0.15, -0.1) is 0 Å². The van der Waals surface area contributed by atoms with Crippen molar-refractivity contribution in [1.29, 1.82) is 0 Å². The molecule has 16 heavy (non-hydrogen) atoms. The van der Waals surface area contributed by atoms with Crippen LogP contribution in [0.5, 0.6) is 0 Å². The first kappa shape index (κ1) is 11.3. The van der Waals surface area contributed by atoms with E-state index in [0.717, 1.165) is 36.8 Å². The minimum Gasteiger partial charge on any atom is -0.328 e. The van der Waals surface area contributed by atoms with Gasteiger partial charge in [0.1, 0.15) is 0 Å². The average molecular weight is 217 g/mol. The first-order valence-corrected chi connectivity index (χ1v) is 6.03. The molecule has 1 aliphatic carbocycles. The number of aryl methyl sites for hydroxylation is 1. The van der Waals surface area contributed by atoms with E-state index in [9.17, 15) is 4.79 Å². The standard InChI is InChI=1S/C14H19NO/c1-10-3-2-4-12(9-10)14(16)11-5-7-13(15)8-6-11/h2-4,9,11,13H,5-8,15H2,1H3. The van der Waals surface area contributed by atoms with Gasteiger partial charge in [0, 0.05) is 17.5 Å². The number of rotatable bonds is 2. The van der Waals surface area contributed by atoms with Gasteiger partial charge in [-0.25, -0.2) is 0 Å². The maximum Gasteiger partial charge on any atom is 0.165 e. The van der Waals surface area contributed by atoms with Gasteiger partial charge in [0.15, 0.2) is 5.78 Å². The van der Waals surface area contributed by atoms with Crippen LogP contribution in [0.3, 0.4) is 0 Å². The van der Waals surface area contributed by atoms with Crippen molar-refractivity contribution in [2.75, 3.05) is 0 Å². The van der Waals surface area contributed by atoms with E-state index in [1.165, 1.54) is 0 Å². The maximum atomic E-state index is 12.2. The van der Waals surface area contributed by atoms with E-state index in [-0.39, 0.29) is 5.92 Å². The number of nitrogens with two attached hydrogens (primary N) is 1. The summed E-state index contributed by atoms with van der Waals surface area (Å²) in [6.07, 6.45) is 3.88. The van der Waals surface area contributed by atoms with E-state index in [2.05, 4.69) is 0 Å². The van der Waals surface area contributed by atoms with Gasteiger partial charge in [0.05, 0.1) is 0 Å². The molecule has 0 saturated heterocycles. The van der Waals surface area contributed by atoms with Crippen LogP contribution in [0.25, 0.3) is 0 Å². The molecule has 2 nitrogen and oxygen atoms in total. The Kier molecular flexibility index (Phi) is 3.39. The van der Waals surface area contributed by atoms with E-state index >= 15 is 0 Å². The minimum atomic E-state index is 0.196. The topological polar surface area (TPSA) is 43.1 Å². The number of hydrogen-bond donors (Lipinski definition) is 1. The summed E-state index contributed by atoms with van der Waals surface area (Å²) >= 11 is 0. The fraction of sp³-hybridized carbons (Fsp3) is 0.500. The molecule has 1 aliphatic rings. The van der Waals surface area contributed by atoms with E-state index < -0.39 is 0 Å². The molecule has 0 aliphatic heterocycles. The van der Waals surface area contributed by atoms with Gasteiger partial charge in [-0.2, -0.15) is 0 Å². The molecule has 1 aromatic rings. The second-order valence-electron chi connectivity index (χ2n) is 4.85. The van der Waals surface area contributed by atoms with Crippen LogP contribution in [0.15, 0.2) is 24.3 Å². The third-order valence-electron chi connectivity index (χ3n) is 3.45. The smallest absolute Gasteiger partial charge is 0.165 e. The Morgan fingerprint density at radius 3 is 2.56 bits per heavy atom. The number of ketones is 1. The number of benzene rings is 1. The van der Waals surface area contributed by atoms with Crippen LogP contribution in [0, 0.1) is 12.8 Å². The molecule has 2 rings (SSSR count). The lowest BCUT2D eigenvalue weighted by Gasteiger charge is -2.25. The summed E-state index contributed by atoms with van der Waals surface area (Å²) in [6.45, 7) is 2.02. The van der Waals surface area contributed by atoms with Gasteiger partial charge in [-0.3, -0.25) is 4.79 Å². The Hall–Kier alpha value is -1.15. The molecule has 0 bridgehead atoms. The first-order valence-electron chi connectivity index (χ1n) is 6.03. The van der Waals surface area contributed by atoms with Crippen LogP contribution >= 0.6 is 0 Å². The summed E-state index contributed by atoms with van der Waals surface area (Å²) in [5, 5.41) is 0. The Morgan fingerprint density at radius 2 is 1.94 bits per heavy atom. The third-order valence-corrected chi connectivity index (χ3v) is 3.45. The lowest BCUT2D eigenvalue weighted by Crippen LogP contribution is -2.29. The predicted octanol–water partition coefficient (Wildman–Crippen LogP) is 2.70. The maximum absolute atomic E-state index is 12.2. The summed E-state index contributed by atoms with van der Waals surface area (Å²) in [6, 6.07) is 8.19. The molecule has 2 N–H and O–H groups in total. The summed E-state index contributed by atoms with van der Waals surface area (Å²) < 4.78 is 0. The number of Topliss-reactive ketones (excluding diaryl/α,β-unsaturated/α-hetero) is 1. The highest BCUT2D eigenvalue weighted by Crippen LogP contribution is 2.26. The second kappa shape index (κ2) is 4.79. The Balaban J connectivity index is 2.08. The molecule has 2 heteroatoms. The van der Waals surface area contributed by atoms with Crippen molar-refractivity contribution in [3.8, 4) is 0 Å². The number of carbonyl (C=O) groups excluding carboxylic acids is 1. The monoisotopic (exact) mass is 217 g/mol. The molecule has 1 aromatic carbocycles. The molecule has 0 unspecified atom stereocenters. The van der Waals surface area contributed by atoms with Crippen molar-refractivity contribution in [3.05, 3.63) is 35.4 Å². The molecule has 1 fully saturated rings. The van der Waals surface area contributed by atoms with E-state index in [1.807, 2.05) is 31.2 Å². The van der Waals surface area contributed by atoms with Crippen LogP contribution in [0.1, 0.15) is 41.6 Å². The van der Waals surface area contributed by atoms with Crippen LogP contribution in [0.4, 0.5) is 0 Å². The Bertz CT molecular complexity index is 378. The molecule has 0 amide bonds. The molecule has 1 saturated carbocycles. The molecular formula is C14H19NO.